The van der Waals surface area contributed by atoms with E-state index in [0.29, 0.717) is 6.61 Å². The van der Waals surface area contributed by atoms with E-state index < -0.39 is 0 Å². The first-order chi connectivity index (χ1) is 8.31. The molecule has 4 heteroatoms. The Bertz CT molecular complexity index is 198. The van der Waals surface area contributed by atoms with Crippen molar-refractivity contribution in [2.45, 2.75) is 51.4 Å². The maximum Gasteiger partial charge on any atom is 0.330 e. The van der Waals surface area contributed by atoms with Crippen LogP contribution in [0.2, 0.25) is 0 Å². The monoisotopic (exact) mass is 277 g/mol. The summed E-state index contributed by atoms with van der Waals surface area (Å²) in [5, 5.41) is 3.16. The topological polar surface area (TPSA) is 38.3 Å². The fourth-order valence-corrected chi connectivity index (χ4v) is 1.70. The fourth-order valence-electron chi connectivity index (χ4n) is 1.70. The van der Waals surface area contributed by atoms with Crippen molar-refractivity contribution in [2.75, 3.05) is 20.2 Å². The van der Waals surface area contributed by atoms with Gasteiger partial charge in [0, 0.05) is 6.08 Å². The average molecular weight is 278 g/mol. The van der Waals surface area contributed by atoms with Crippen molar-refractivity contribution in [2.24, 2.45) is 0 Å². The van der Waals surface area contributed by atoms with Crippen molar-refractivity contribution in [3.05, 3.63) is 12.7 Å². The molecule has 0 heterocycles. The van der Waals surface area contributed by atoms with Crippen LogP contribution in [0.15, 0.2) is 12.7 Å². The quantitative estimate of drug-likeness (QED) is 0.337. The van der Waals surface area contributed by atoms with Crippen LogP contribution in [0, 0.1) is 0 Å². The molecule has 18 heavy (non-hydrogen) atoms. The minimum atomic E-state index is -0.311. The third kappa shape index (κ3) is 15.5. The van der Waals surface area contributed by atoms with Gasteiger partial charge in [0.25, 0.3) is 0 Å². The van der Waals surface area contributed by atoms with E-state index in [1.54, 1.807) is 0 Å². The number of hydrogen-bond donors (Lipinski definition) is 1. The molecule has 0 radical (unpaired) electrons. The van der Waals surface area contributed by atoms with Crippen LogP contribution in [0.4, 0.5) is 0 Å². The minimum Gasteiger partial charge on any atom is -0.463 e. The van der Waals surface area contributed by atoms with E-state index in [9.17, 15) is 4.79 Å². The zero-order valence-corrected chi connectivity index (χ0v) is 12.4. The van der Waals surface area contributed by atoms with Crippen molar-refractivity contribution >= 4 is 18.4 Å². The maximum atomic E-state index is 10.7. The Morgan fingerprint density at radius 3 is 2.06 bits per heavy atom. The van der Waals surface area contributed by atoms with Gasteiger partial charge in [-0.3, -0.25) is 0 Å². The summed E-state index contributed by atoms with van der Waals surface area (Å²) in [4.78, 5) is 10.7. The molecule has 1 N–H and O–H groups in total. The summed E-state index contributed by atoms with van der Waals surface area (Å²) in [6.45, 7) is 5.02. The molecule has 0 fully saturated rings. The second-order valence-corrected chi connectivity index (χ2v) is 4.30. The lowest BCUT2D eigenvalue weighted by atomic mass is 10.1. The van der Waals surface area contributed by atoms with Crippen LogP contribution in [0.5, 0.6) is 0 Å². The number of carbonyl (C=O) groups excluding carboxylic acids is 1. The zero-order valence-electron chi connectivity index (χ0n) is 11.6. The molecular weight excluding hydrogens is 250 g/mol. The first-order valence-electron chi connectivity index (χ1n) is 6.75. The molecule has 0 aromatic rings. The molecular formula is C14H28ClNO2. The highest BCUT2D eigenvalue weighted by Gasteiger charge is 1.95. The van der Waals surface area contributed by atoms with E-state index in [2.05, 4.69) is 11.9 Å². The van der Waals surface area contributed by atoms with Gasteiger partial charge in [-0.1, -0.05) is 45.1 Å². The molecule has 0 aliphatic carbocycles. The van der Waals surface area contributed by atoms with Gasteiger partial charge in [0.15, 0.2) is 0 Å². The number of halogens is 1. The molecule has 0 bridgehead atoms. The van der Waals surface area contributed by atoms with Crippen molar-refractivity contribution in [3.8, 4) is 0 Å². The van der Waals surface area contributed by atoms with Crippen LogP contribution in [-0.4, -0.2) is 26.2 Å². The lowest BCUT2D eigenvalue weighted by Gasteiger charge is -2.03. The van der Waals surface area contributed by atoms with Crippen LogP contribution in [0.3, 0.4) is 0 Å². The van der Waals surface area contributed by atoms with Gasteiger partial charge < -0.3 is 10.1 Å². The summed E-state index contributed by atoms with van der Waals surface area (Å²) >= 11 is 0. The Kier molecular flexibility index (Phi) is 18.1. The Balaban J connectivity index is 0. The smallest absolute Gasteiger partial charge is 0.330 e. The molecule has 0 rings (SSSR count). The number of unbranched alkanes of at least 4 members (excludes halogenated alkanes) is 7. The molecule has 3 nitrogen and oxygen atoms in total. The van der Waals surface area contributed by atoms with Gasteiger partial charge in [-0.25, -0.2) is 4.79 Å². The van der Waals surface area contributed by atoms with Gasteiger partial charge in [-0.2, -0.15) is 0 Å². The number of rotatable bonds is 12. The van der Waals surface area contributed by atoms with E-state index >= 15 is 0 Å². The molecule has 0 aliphatic heterocycles. The van der Waals surface area contributed by atoms with Crippen LogP contribution in [0.1, 0.15) is 51.4 Å². The predicted octanol–water partition coefficient (Wildman–Crippen LogP) is 3.48. The summed E-state index contributed by atoms with van der Waals surface area (Å²) < 4.78 is 4.90. The van der Waals surface area contributed by atoms with E-state index in [1.165, 1.54) is 44.6 Å². The van der Waals surface area contributed by atoms with E-state index in [4.69, 9.17) is 4.74 Å². The maximum absolute atomic E-state index is 10.7. The SMILES string of the molecule is C=CC(=O)OCCCCCCCCCCNC.Cl. The number of nitrogens with one attached hydrogen (secondary N) is 1. The van der Waals surface area contributed by atoms with Crippen LogP contribution >= 0.6 is 12.4 Å². The van der Waals surface area contributed by atoms with Crippen molar-refractivity contribution in [1.82, 2.24) is 5.32 Å². The molecule has 0 saturated carbocycles. The molecule has 0 amide bonds. The van der Waals surface area contributed by atoms with E-state index in [1.807, 2.05) is 7.05 Å². The Morgan fingerprint density at radius 2 is 1.56 bits per heavy atom. The lowest BCUT2D eigenvalue weighted by molar-refractivity contribution is -0.137. The summed E-state index contributed by atoms with van der Waals surface area (Å²) in [6, 6.07) is 0. The van der Waals surface area contributed by atoms with Gasteiger partial charge in [0.1, 0.15) is 0 Å². The van der Waals surface area contributed by atoms with Crippen LogP contribution < -0.4 is 5.32 Å². The molecule has 0 aromatic heterocycles. The molecule has 0 spiro atoms. The molecule has 0 atom stereocenters. The summed E-state index contributed by atoms with van der Waals surface area (Å²) in [5.41, 5.74) is 0. The zero-order chi connectivity index (χ0) is 12.8. The highest BCUT2D eigenvalue weighted by atomic mass is 35.5. The molecule has 0 aliphatic rings. The highest BCUT2D eigenvalue weighted by Crippen LogP contribution is 2.08. The second-order valence-electron chi connectivity index (χ2n) is 4.30. The average Bonchev–Trinajstić information content (AvgIpc) is 2.35. The fraction of sp³-hybridized carbons (Fsp3) is 0.786. The van der Waals surface area contributed by atoms with Crippen molar-refractivity contribution in [3.63, 3.8) is 0 Å². The number of carbonyl (C=O) groups is 1. The Morgan fingerprint density at radius 1 is 1.06 bits per heavy atom. The normalized spacial score (nSPS) is 9.61. The van der Waals surface area contributed by atoms with Crippen molar-refractivity contribution in [1.29, 1.82) is 0 Å². The molecule has 0 saturated heterocycles. The highest BCUT2D eigenvalue weighted by molar-refractivity contribution is 5.85. The number of ether oxygens (including phenoxy) is 1. The van der Waals surface area contributed by atoms with E-state index in [0.717, 1.165) is 19.4 Å². The van der Waals surface area contributed by atoms with Gasteiger partial charge in [-0.05, 0) is 26.4 Å². The predicted molar refractivity (Wildman–Crippen MR) is 79.3 cm³/mol. The van der Waals surface area contributed by atoms with Crippen LogP contribution in [0.25, 0.3) is 0 Å². The van der Waals surface area contributed by atoms with Gasteiger partial charge in [0.05, 0.1) is 6.61 Å². The first-order valence-corrected chi connectivity index (χ1v) is 6.75. The summed E-state index contributed by atoms with van der Waals surface area (Å²) in [7, 11) is 2.00. The van der Waals surface area contributed by atoms with E-state index in [-0.39, 0.29) is 18.4 Å². The van der Waals surface area contributed by atoms with Crippen LogP contribution in [-0.2, 0) is 9.53 Å². The molecule has 0 unspecified atom stereocenters. The standard InChI is InChI=1S/C14H27NO2.ClH/c1-3-14(16)17-13-11-9-7-5-4-6-8-10-12-15-2;/h3,15H,1,4-13H2,2H3;1H. The van der Waals surface area contributed by atoms with Gasteiger partial charge >= 0.3 is 5.97 Å². The Hall–Kier alpha value is -0.540. The number of hydrogen-bond acceptors (Lipinski definition) is 3. The van der Waals surface area contributed by atoms with Gasteiger partial charge in [0.2, 0.25) is 0 Å². The molecule has 108 valence electrons. The minimum absolute atomic E-state index is 0. The van der Waals surface area contributed by atoms with Crippen molar-refractivity contribution < 1.29 is 9.53 Å². The summed E-state index contributed by atoms with van der Waals surface area (Å²) in [6.07, 6.45) is 11.2. The largest absolute Gasteiger partial charge is 0.463 e. The summed E-state index contributed by atoms with van der Waals surface area (Å²) in [5.74, 6) is -0.311. The second kappa shape index (κ2) is 16.5. The third-order valence-electron chi connectivity index (χ3n) is 2.73. The Labute approximate surface area is 118 Å². The third-order valence-corrected chi connectivity index (χ3v) is 2.73. The lowest BCUT2D eigenvalue weighted by Crippen LogP contribution is -2.06. The molecule has 0 aromatic carbocycles. The first kappa shape index (κ1) is 19.8. The number of esters is 1. The van der Waals surface area contributed by atoms with Gasteiger partial charge in [-0.15, -0.1) is 12.4 Å².